The molecule has 1 heterocycles. The summed E-state index contributed by atoms with van der Waals surface area (Å²) in [4.78, 5) is 1.00. The third-order valence-corrected chi connectivity index (χ3v) is 3.14. The number of thiophene rings is 1. The van der Waals surface area contributed by atoms with E-state index in [4.69, 9.17) is 5.73 Å². The summed E-state index contributed by atoms with van der Waals surface area (Å²) in [5, 5.41) is 11.7. The van der Waals surface area contributed by atoms with Gasteiger partial charge in [0, 0.05) is 10.9 Å². The Balaban J connectivity index is 2.77. The van der Waals surface area contributed by atoms with Gasteiger partial charge in [-0.1, -0.05) is 6.92 Å². The van der Waals surface area contributed by atoms with Gasteiger partial charge < -0.3 is 10.8 Å². The van der Waals surface area contributed by atoms with E-state index in [1.807, 2.05) is 25.3 Å². The Hall–Kier alpha value is -0.380. The van der Waals surface area contributed by atoms with Gasteiger partial charge >= 0.3 is 0 Å². The van der Waals surface area contributed by atoms with Crippen molar-refractivity contribution < 1.29 is 5.11 Å². The molecule has 0 bridgehead atoms. The topological polar surface area (TPSA) is 46.2 Å². The maximum Gasteiger partial charge on any atom is 0.103 e. The molecular formula is C9H15NOS. The predicted molar refractivity (Wildman–Crippen MR) is 52.3 cm³/mol. The predicted octanol–water partition coefficient (Wildman–Crippen LogP) is 1.83. The number of rotatable bonds is 3. The van der Waals surface area contributed by atoms with Crippen LogP contribution in [-0.2, 0) is 0 Å². The van der Waals surface area contributed by atoms with Crippen LogP contribution in [0, 0.1) is 6.92 Å². The number of aliphatic hydroxyl groups is 1. The SMILES string of the molecule is CC[C@@H](N)C(O)c1sccc1C. The van der Waals surface area contributed by atoms with Crippen molar-refractivity contribution in [1.29, 1.82) is 0 Å². The lowest BCUT2D eigenvalue weighted by Crippen LogP contribution is -2.27. The molecule has 0 saturated carbocycles. The van der Waals surface area contributed by atoms with Crippen molar-refractivity contribution in [2.45, 2.75) is 32.4 Å². The second-order valence-corrected chi connectivity index (χ2v) is 3.93. The first-order valence-corrected chi connectivity index (χ1v) is 5.02. The van der Waals surface area contributed by atoms with Crippen molar-refractivity contribution in [2.24, 2.45) is 5.73 Å². The molecule has 1 aromatic rings. The summed E-state index contributed by atoms with van der Waals surface area (Å²) in [6.45, 7) is 3.98. The van der Waals surface area contributed by atoms with E-state index in [1.165, 1.54) is 0 Å². The molecule has 2 nitrogen and oxygen atoms in total. The van der Waals surface area contributed by atoms with Crippen molar-refractivity contribution in [3.05, 3.63) is 21.9 Å². The Morgan fingerprint density at radius 1 is 1.67 bits per heavy atom. The van der Waals surface area contributed by atoms with Gasteiger partial charge in [-0.05, 0) is 30.4 Å². The molecule has 0 fully saturated rings. The van der Waals surface area contributed by atoms with Crippen molar-refractivity contribution in [1.82, 2.24) is 0 Å². The first-order valence-electron chi connectivity index (χ1n) is 4.14. The number of aliphatic hydroxyl groups excluding tert-OH is 1. The van der Waals surface area contributed by atoms with E-state index < -0.39 is 6.10 Å². The molecule has 0 saturated heterocycles. The highest BCUT2D eigenvalue weighted by Gasteiger charge is 2.17. The smallest absolute Gasteiger partial charge is 0.103 e. The molecule has 12 heavy (non-hydrogen) atoms. The van der Waals surface area contributed by atoms with Crippen LogP contribution in [0.3, 0.4) is 0 Å². The standard InChI is InChI=1S/C9H15NOS/c1-3-7(10)8(11)9-6(2)4-5-12-9/h4-5,7-8,11H,3,10H2,1-2H3/t7-,8?/m1/s1. The Bertz CT molecular complexity index is 246. The fraction of sp³-hybridized carbons (Fsp3) is 0.556. The molecule has 3 heteroatoms. The largest absolute Gasteiger partial charge is 0.386 e. The molecule has 0 aliphatic heterocycles. The lowest BCUT2D eigenvalue weighted by atomic mass is 10.1. The van der Waals surface area contributed by atoms with Gasteiger partial charge in [-0.2, -0.15) is 0 Å². The molecule has 1 aromatic heterocycles. The number of aryl methyl sites for hydroxylation is 1. The molecule has 0 aromatic carbocycles. The van der Waals surface area contributed by atoms with E-state index in [-0.39, 0.29) is 6.04 Å². The highest BCUT2D eigenvalue weighted by atomic mass is 32.1. The van der Waals surface area contributed by atoms with Gasteiger partial charge in [0.25, 0.3) is 0 Å². The van der Waals surface area contributed by atoms with E-state index in [0.717, 1.165) is 16.9 Å². The molecule has 3 N–H and O–H groups in total. The molecule has 1 rings (SSSR count). The van der Waals surface area contributed by atoms with Gasteiger partial charge in [0.2, 0.25) is 0 Å². The quantitative estimate of drug-likeness (QED) is 0.754. The third kappa shape index (κ3) is 1.86. The van der Waals surface area contributed by atoms with Crippen LogP contribution in [0.1, 0.15) is 29.9 Å². The molecule has 0 spiro atoms. The van der Waals surface area contributed by atoms with E-state index in [0.29, 0.717) is 0 Å². The minimum Gasteiger partial charge on any atom is -0.386 e. The maximum atomic E-state index is 9.74. The van der Waals surface area contributed by atoms with Crippen LogP contribution in [0.5, 0.6) is 0 Å². The van der Waals surface area contributed by atoms with Crippen LogP contribution in [0.15, 0.2) is 11.4 Å². The maximum absolute atomic E-state index is 9.74. The van der Waals surface area contributed by atoms with Crippen LogP contribution in [0.25, 0.3) is 0 Å². The lowest BCUT2D eigenvalue weighted by Gasteiger charge is -2.16. The lowest BCUT2D eigenvalue weighted by molar-refractivity contribution is 0.147. The molecule has 2 atom stereocenters. The normalized spacial score (nSPS) is 16.0. The zero-order valence-electron chi connectivity index (χ0n) is 7.45. The minimum atomic E-state index is -0.491. The fourth-order valence-corrected chi connectivity index (χ4v) is 2.09. The summed E-state index contributed by atoms with van der Waals surface area (Å²) in [6, 6.07) is 1.87. The van der Waals surface area contributed by atoms with Crippen molar-refractivity contribution in [2.75, 3.05) is 0 Å². The average molecular weight is 185 g/mol. The Kier molecular flexibility index (Phi) is 3.26. The van der Waals surface area contributed by atoms with Crippen molar-refractivity contribution in [3.8, 4) is 0 Å². The summed E-state index contributed by atoms with van der Waals surface area (Å²) in [5.41, 5.74) is 6.87. The van der Waals surface area contributed by atoms with Gasteiger partial charge in [-0.3, -0.25) is 0 Å². The molecule has 68 valence electrons. The third-order valence-electron chi connectivity index (χ3n) is 2.05. The average Bonchev–Trinajstić information content (AvgIpc) is 2.48. The van der Waals surface area contributed by atoms with E-state index in [1.54, 1.807) is 11.3 Å². The van der Waals surface area contributed by atoms with Crippen LogP contribution in [0.2, 0.25) is 0 Å². The van der Waals surface area contributed by atoms with E-state index >= 15 is 0 Å². The molecule has 1 unspecified atom stereocenters. The molecule has 0 aliphatic carbocycles. The summed E-state index contributed by atoms with van der Waals surface area (Å²) in [7, 11) is 0. The molecule has 0 amide bonds. The second-order valence-electron chi connectivity index (χ2n) is 2.98. The number of nitrogens with two attached hydrogens (primary N) is 1. The monoisotopic (exact) mass is 185 g/mol. The Morgan fingerprint density at radius 2 is 2.33 bits per heavy atom. The zero-order valence-corrected chi connectivity index (χ0v) is 8.27. The molecule has 0 radical (unpaired) electrons. The first kappa shape index (κ1) is 9.71. The van der Waals surface area contributed by atoms with Gasteiger partial charge in [0.05, 0.1) is 0 Å². The van der Waals surface area contributed by atoms with Crippen molar-refractivity contribution in [3.63, 3.8) is 0 Å². The Morgan fingerprint density at radius 3 is 2.75 bits per heavy atom. The second kappa shape index (κ2) is 4.03. The molecular weight excluding hydrogens is 170 g/mol. The van der Waals surface area contributed by atoms with Crippen LogP contribution in [-0.4, -0.2) is 11.1 Å². The number of hydrogen-bond donors (Lipinski definition) is 2. The van der Waals surface area contributed by atoms with Gasteiger partial charge in [0.1, 0.15) is 6.10 Å². The summed E-state index contributed by atoms with van der Waals surface area (Å²) >= 11 is 1.57. The minimum absolute atomic E-state index is 0.137. The summed E-state index contributed by atoms with van der Waals surface area (Å²) in [6.07, 6.45) is 0.313. The van der Waals surface area contributed by atoms with E-state index in [9.17, 15) is 5.11 Å². The van der Waals surface area contributed by atoms with Crippen LogP contribution >= 0.6 is 11.3 Å². The van der Waals surface area contributed by atoms with Crippen molar-refractivity contribution >= 4 is 11.3 Å². The fourth-order valence-electron chi connectivity index (χ4n) is 1.11. The zero-order chi connectivity index (χ0) is 9.14. The van der Waals surface area contributed by atoms with Gasteiger partial charge in [0.15, 0.2) is 0 Å². The van der Waals surface area contributed by atoms with Gasteiger partial charge in [-0.25, -0.2) is 0 Å². The van der Waals surface area contributed by atoms with Crippen LogP contribution < -0.4 is 5.73 Å². The van der Waals surface area contributed by atoms with Gasteiger partial charge in [-0.15, -0.1) is 11.3 Å². The Labute approximate surface area is 77.0 Å². The highest BCUT2D eigenvalue weighted by molar-refractivity contribution is 7.10. The van der Waals surface area contributed by atoms with Crippen LogP contribution in [0.4, 0.5) is 0 Å². The highest BCUT2D eigenvalue weighted by Crippen LogP contribution is 2.26. The first-order chi connectivity index (χ1) is 5.66. The summed E-state index contributed by atoms with van der Waals surface area (Å²) < 4.78 is 0. The number of hydrogen-bond acceptors (Lipinski definition) is 3. The summed E-state index contributed by atoms with van der Waals surface area (Å²) in [5.74, 6) is 0. The van der Waals surface area contributed by atoms with E-state index in [2.05, 4.69) is 0 Å². The molecule has 0 aliphatic rings.